The van der Waals surface area contributed by atoms with Crippen molar-refractivity contribution in [2.24, 2.45) is 0 Å². The van der Waals surface area contributed by atoms with E-state index < -0.39 is 0 Å². The summed E-state index contributed by atoms with van der Waals surface area (Å²) >= 11 is 0. The maximum absolute atomic E-state index is 2.51. The smallest absolute Gasteiger partial charge is 0.0252 e. The largest absolute Gasteiger partial charge is 0.297 e. The molecule has 0 aromatic heterocycles. The molecule has 1 aliphatic carbocycles. The highest BCUT2D eigenvalue weighted by molar-refractivity contribution is 5.01. The number of likely N-dealkylation sites (tertiary alicyclic amines) is 1. The molecule has 46 valence electrons. The Balaban J connectivity index is 1.97. The van der Waals surface area contributed by atoms with Crippen LogP contribution >= 0.6 is 0 Å². The molecule has 0 spiro atoms. The number of hydrogen-bond acceptors (Lipinski definition) is 1. The molecule has 1 heteroatoms. The predicted octanol–water partition coefficient (Wildman–Crippen LogP) is 1.24. The Labute approximate surface area is 50.7 Å². The molecule has 2 rings (SSSR count). The van der Waals surface area contributed by atoms with Crippen LogP contribution in [-0.2, 0) is 0 Å². The van der Waals surface area contributed by atoms with Gasteiger partial charge in [-0.1, -0.05) is 12.8 Å². The molecule has 0 bridgehead atoms. The van der Waals surface area contributed by atoms with Gasteiger partial charge in [0.15, 0.2) is 0 Å². The first-order valence-electron chi connectivity index (χ1n) is 3.61. The minimum Gasteiger partial charge on any atom is -0.297 e. The molecule has 1 aliphatic heterocycles. The molecule has 1 saturated heterocycles. The quantitative estimate of drug-likeness (QED) is 0.425. The van der Waals surface area contributed by atoms with Gasteiger partial charge in [0.25, 0.3) is 0 Å². The summed E-state index contributed by atoms with van der Waals surface area (Å²) < 4.78 is 0. The molecule has 2 aliphatic rings. The Kier molecular flexibility index (Phi) is 0.884. The molecule has 0 N–H and O–H groups in total. The van der Waals surface area contributed by atoms with Crippen LogP contribution in [0.15, 0.2) is 0 Å². The second-order valence-corrected chi connectivity index (χ2v) is 3.08. The lowest BCUT2D eigenvalue weighted by atomic mass is 10.0. The van der Waals surface area contributed by atoms with E-state index in [-0.39, 0.29) is 0 Å². The van der Waals surface area contributed by atoms with Gasteiger partial charge in [-0.2, -0.15) is 0 Å². The van der Waals surface area contributed by atoms with Crippen molar-refractivity contribution in [3.05, 3.63) is 0 Å². The number of nitrogens with zero attached hydrogens (tertiary/aromatic N) is 1. The molecule has 3 atom stereocenters. The number of likely N-dealkylation sites (N-methyl/N-ethyl adjacent to an activating group) is 1. The summed E-state index contributed by atoms with van der Waals surface area (Å²) in [6, 6.07) is 2.01. The van der Waals surface area contributed by atoms with Crippen molar-refractivity contribution in [1.82, 2.24) is 4.90 Å². The van der Waals surface area contributed by atoms with Gasteiger partial charge < -0.3 is 0 Å². The van der Waals surface area contributed by atoms with Crippen molar-refractivity contribution in [2.75, 3.05) is 7.05 Å². The van der Waals surface area contributed by atoms with Crippen molar-refractivity contribution in [2.45, 2.75) is 37.8 Å². The van der Waals surface area contributed by atoms with E-state index in [0.717, 1.165) is 12.1 Å². The van der Waals surface area contributed by atoms with Gasteiger partial charge in [0, 0.05) is 12.1 Å². The zero-order valence-corrected chi connectivity index (χ0v) is 5.43. The first-order valence-corrected chi connectivity index (χ1v) is 3.61. The fourth-order valence-corrected chi connectivity index (χ4v) is 1.97. The number of hydrogen-bond donors (Lipinski definition) is 0. The topological polar surface area (TPSA) is 3.01 Å². The molecule has 1 heterocycles. The third-order valence-electron chi connectivity index (χ3n) is 2.65. The van der Waals surface area contributed by atoms with E-state index in [1.807, 2.05) is 0 Å². The molecule has 0 amide bonds. The Hall–Kier alpha value is -0.0400. The average molecular weight is 111 g/mol. The van der Waals surface area contributed by atoms with Crippen LogP contribution in [0.1, 0.15) is 25.7 Å². The van der Waals surface area contributed by atoms with Gasteiger partial charge >= 0.3 is 0 Å². The maximum atomic E-state index is 2.51. The van der Waals surface area contributed by atoms with Crippen molar-refractivity contribution in [1.29, 1.82) is 0 Å². The highest BCUT2D eigenvalue weighted by Crippen LogP contribution is 2.38. The second kappa shape index (κ2) is 1.47. The molecule has 2 fully saturated rings. The Morgan fingerprint density at radius 2 is 1.62 bits per heavy atom. The molecule has 0 radical (unpaired) electrons. The van der Waals surface area contributed by atoms with Gasteiger partial charge in [0.1, 0.15) is 0 Å². The van der Waals surface area contributed by atoms with Gasteiger partial charge in [-0.25, -0.2) is 0 Å². The number of rotatable bonds is 0. The molecular formula is C7H13N. The summed E-state index contributed by atoms with van der Waals surface area (Å²) in [5, 5.41) is 0. The monoisotopic (exact) mass is 111 g/mol. The summed E-state index contributed by atoms with van der Waals surface area (Å²) in [5.74, 6) is 0. The average Bonchev–Trinajstić information content (AvgIpc) is 2.46. The van der Waals surface area contributed by atoms with Gasteiger partial charge in [-0.05, 0) is 19.9 Å². The van der Waals surface area contributed by atoms with Crippen LogP contribution in [0, 0.1) is 0 Å². The fraction of sp³-hybridized carbons (Fsp3) is 1.00. The lowest BCUT2D eigenvalue weighted by Gasteiger charge is -2.02. The second-order valence-electron chi connectivity index (χ2n) is 3.08. The number of fused-ring (bicyclic) bond motifs is 1. The molecule has 1 saturated carbocycles. The minimum atomic E-state index is 1.00. The van der Waals surface area contributed by atoms with Gasteiger partial charge in [-0.15, -0.1) is 0 Å². The van der Waals surface area contributed by atoms with Gasteiger partial charge in [-0.3, -0.25) is 4.90 Å². The summed E-state index contributed by atoms with van der Waals surface area (Å²) in [6.45, 7) is 0. The predicted molar refractivity (Wildman–Crippen MR) is 33.8 cm³/mol. The normalized spacial score (nSPS) is 52.9. The zero-order chi connectivity index (χ0) is 5.56. The van der Waals surface area contributed by atoms with Crippen LogP contribution in [0.3, 0.4) is 0 Å². The summed E-state index contributed by atoms with van der Waals surface area (Å²) in [5.41, 5.74) is 0. The highest BCUT2D eigenvalue weighted by atomic mass is 15.3. The standard InChI is InChI=1S/C7H13N/c1-8-6-4-2-3-5-7(6)8/h6-7H,2-5H2,1H3/t6-,7+,8?. The zero-order valence-electron chi connectivity index (χ0n) is 5.43. The lowest BCUT2D eigenvalue weighted by Crippen LogP contribution is -2.00. The van der Waals surface area contributed by atoms with Crippen molar-refractivity contribution >= 4 is 0 Å². The third-order valence-corrected chi connectivity index (χ3v) is 2.65. The molecular weight excluding hydrogens is 98.1 g/mol. The van der Waals surface area contributed by atoms with E-state index in [2.05, 4.69) is 11.9 Å². The van der Waals surface area contributed by atoms with Crippen LogP contribution < -0.4 is 0 Å². The van der Waals surface area contributed by atoms with Crippen LogP contribution in [-0.4, -0.2) is 24.0 Å². The van der Waals surface area contributed by atoms with Crippen molar-refractivity contribution < 1.29 is 0 Å². The maximum Gasteiger partial charge on any atom is 0.0252 e. The Morgan fingerprint density at radius 3 is 2.00 bits per heavy atom. The molecule has 1 nitrogen and oxygen atoms in total. The minimum absolute atomic E-state index is 1.00. The van der Waals surface area contributed by atoms with E-state index in [0.29, 0.717) is 0 Å². The first-order chi connectivity index (χ1) is 3.89. The summed E-state index contributed by atoms with van der Waals surface area (Å²) in [4.78, 5) is 2.51. The molecule has 8 heavy (non-hydrogen) atoms. The highest BCUT2D eigenvalue weighted by Gasteiger charge is 2.44. The van der Waals surface area contributed by atoms with E-state index in [1.165, 1.54) is 25.7 Å². The van der Waals surface area contributed by atoms with E-state index in [4.69, 9.17) is 0 Å². The van der Waals surface area contributed by atoms with Crippen LogP contribution in [0.5, 0.6) is 0 Å². The van der Waals surface area contributed by atoms with Gasteiger partial charge in [0.05, 0.1) is 0 Å². The Bertz CT molecular complexity index is 88.6. The first kappa shape index (κ1) is 4.80. The van der Waals surface area contributed by atoms with E-state index in [1.54, 1.807) is 0 Å². The SMILES string of the molecule is CN1[C@@H]2CCCC[C@@H]21. The summed E-state index contributed by atoms with van der Waals surface area (Å²) in [7, 11) is 2.25. The van der Waals surface area contributed by atoms with Crippen LogP contribution in [0.25, 0.3) is 0 Å². The van der Waals surface area contributed by atoms with Gasteiger partial charge in [0.2, 0.25) is 0 Å². The van der Waals surface area contributed by atoms with Crippen molar-refractivity contribution in [3.63, 3.8) is 0 Å². The molecule has 1 unspecified atom stereocenters. The van der Waals surface area contributed by atoms with Crippen molar-refractivity contribution in [3.8, 4) is 0 Å². The summed E-state index contributed by atoms with van der Waals surface area (Å²) in [6.07, 6.45) is 5.90. The Morgan fingerprint density at radius 1 is 1.12 bits per heavy atom. The lowest BCUT2D eigenvalue weighted by molar-refractivity contribution is 0.571. The van der Waals surface area contributed by atoms with Crippen LogP contribution in [0.2, 0.25) is 0 Å². The van der Waals surface area contributed by atoms with Crippen LogP contribution in [0.4, 0.5) is 0 Å². The van der Waals surface area contributed by atoms with E-state index in [9.17, 15) is 0 Å². The third kappa shape index (κ3) is 0.510. The van der Waals surface area contributed by atoms with E-state index >= 15 is 0 Å². The molecule has 0 aromatic carbocycles. The molecule has 0 aromatic rings. The fourth-order valence-electron chi connectivity index (χ4n) is 1.97.